The molecule has 0 amide bonds. The summed E-state index contributed by atoms with van der Waals surface area (Å²) in [5, 5.41) is 6.45. The molecular formula is C15H23N3O2S. The molecule has 21 heavy (non-hydrogen) atoms. The number of rotatable bonds is 4. The van der Waals surface area contributed by atoms with E-state index in [4.69, 9.17) is 0 Å². The zero-order valence-electron chi connectivity index (χ0n) is 12.6. The van der Waals surface area contributed by atoms with Gasteiger partial charge in [0.15, 0.2) is 15.8 Å². The summed E-state index contributed by atoms with van der Waals surface area (Å²) >= 11 is 0. The number of nitrogens with one attached hydrogen (secondary N) is 2. The van der Waals surface area contributed by atoms with E-state index in [1.807, 2.05) is 12.1 Å². The van der Waals surface area contributed by atoms with Crippen molar-refractivity contribution in [3.63, 3.8) is 0 Å². The van der Waals surface area contributed by atoms with Crippen molar-refractivity contribution in [2.75, 3.05) is 18.6 Å². The van der Waals surface area contributed by atoms with Gasteiger partial charge in [0.25, 0.3) is 0 Å². The third-order valence-corrected chi connectivity index (χ3v) is 5.51. The molecule has 0 bridgehead atoms. The van der Waals surface area contributed by atoms with Crippen molar-refractivity contribution < 1.29 is 8.42 Å². The lowest BCUT2D eigenvalue weighted by Gasteiger charge is -2.17. The fourth-order valence-electron chi connectivity index (χ4n) is 2.55. The predicted molar refractivity (Wildman–Crippen MR) is 86.2 cm³/mol. The molecule has 0 radical (unpaired) electrons. The van der Waals surface area contributed by atoms with Crippen molar-refractivity contribution in [2.45, 2.75) is 32.4 Å². The molecule has 0 aromatic heterocycles. The predicted octanol–water partition coefficient (Wildman–Crippen LogP) is 1.10. The van der Waals surface area contributed by atoms with Gasteiger partial charge < -0.3 is 10.6 Å². The number of guanidine groups is 1. The van der Waals surface area contributed by atoms with Gasteiger partial charge in [-0.1, -0.05) is 31.2 Å². The Bertz CT molecular complexity index is 611. The first-order valence-electron chi connectivity index (χ1n) is 7.28. The van der Waals surface area contributed by atoms with Crippen LogP contribution in [-0.2, 0) is 22.8 Å². The molecule has 0 aliphatic carbocycles. The Morgan fingerprint density at radius 3 is 2.62 bits per heavy atom. The summed E-state index contributed by atoms with van der Waals surface area (Å²) < 4.78 is 22.9. The summed E-state index contributed by atoms with van der Waals surface area (Å²) in [4.78, 5) is 4.17. The minimum Gasteiger partial charge on any atom is -0.353 e. The van der Waals surface area contributed by atoms with Crippen LogP contribution in [0.25, 0.3) is 0 Å². The van der Waals surface area contributed by atoms with Crippen molar-refractivity contribution in [3.05, 3.63) is 35.4 Å². The topological polar surface area (TPSA) is 70.6 Å². The van der Waals surface area contributed by atoms with Crippen molar-refractivity contribution in [3.8, 4) is 0 Å². The van der Waals surface area contributed by atoms with E-state index in [0.29, 0.717) is 18.9 Å². The van der Waals surface area contributed by atoms with Crippen LogP contribution in [-0.4, -0.2) is 39.0 Å². The second kappa shape index (κ2) is 6.93. The Balaban J connectivity index is 1.92. The lowest BCUT2D eigenvalue weighted by Crippen LogP contribution is -2.43. The highest BCUT2D eigenvalue weighted by Gasteiger charge is 2.28. The van der Waals surface area contributed by atoms with Gasteiger partial charge in [-0.25, -0.2) is 8.42 Å². The van der Waals surface area contributed by atoms with Crippen molar-refractivity contribution in [2.24, 2.45) is 4.99 Å². The third kappa shape index (κ3) is 4.46. The summed E-state index contributed by atoms with van der Waals surface area (Å²) in [5.41, 5.74) is 2.55. The minimum atomic E-state index is -2.87. The molecule has 6 heteroatoms. The number of benzene rings is 1. The van der Waals surface area contributed by atoms with Gasteiger partial charge in [0.2, 0.25) is 0 Å². The molecule has 2 rings (SSSR count). The van der Waals surface area contributed by atoms with E-state index in [2.05, 4.69) is 34.7 Å². The van der Waals surface area contributed by atoms with Crippen LogP contribution < -0.4 is 10.6 Å². The first kappa shape index (κ1) is 15.8. The van der Waals surface area contributed by atoms with E-state index in [0.717, 1.165) is 6.42 Å². The Morgan fingerprint density at radius 1 is 1.33 bits per heavy atom. The van der Waals surface area contributed by atoms with Gasteiger partial charge in [-0.3, -0.25) is 4.99 Å². The van der Waals surface area contributed by atoms with Gasteiger partial charge in [-0.05, 0) is 24.0 Å². The highest BCUT2D eigenvalue weighted by molar-refractivity contribution is 7.91. The van der Waals surface area contributed by atoms with Crippen LogP contribution in [0.4, 0.5) is 0 Å². The van der Waals surface area contributed by atoms with Crippen molar-refractivity contribution in [1.29, 1.82) is 0 Å². The van der Waals surface area contributed by atoms with Crippen molar-refractivity contribution >= 4 is 15.8 Å². The lowest BCUT2D eigenvalue weighted by molar-refractivity contribution is 0.599. The molecule has 1 saturated heterocycles. The molecule has 1 unspecified atom stereocenters. The monoisotopic (exact) mass is 309 g/mol. The maximum absolute atomic E-state index is 11.5. The molecule has 0 saturated carbocycles. The maximum Gasteiger partial charge on any atom is 0.191 e. The molecule has 1 fully saturated rings. The van der Waals surface area contributed by atoms with Gasteiger partial charge >= 0.3 is 0 Å². The lowest BCUT2D eigenvalue weighted by atomic mass is 10.1. The van der Waals surface area contributed by atoms with Gasteiger partial charge in [0.05, 0.1) is 11.5 Å². The molecule has 2 N–H and O–H groups in total. The molecule has 116 valence electrons. The average molecular weight is 309 g/mol. The Hall–Kier alpha value is -1.56. The Morgan fingerprint density at radius 2 is 2.05 bits per heavy atom. The normalized spacial score (nSPS) is 21.2. The van der Waals surface area contributed by atoms with Gasteiger partial charge in [-0.2, -0.15) is 0 Å². The van der Waals surface area contributed by atoms with Crippen LogP contribution in [0.5, 0.6) is 0 Å². The standard InChI is InChI=1S/C15H23N3O2S/c1-3-12-6-4-5-7-13(12)10-17-15(16-2)18-14-8-9-21(19,20)11-14/h4-7,14H,3,8-11H2,1-2H3,(H2,16,17,18). The van der Waals surface area contributed by atoms with E-state index in [-0.39, 0.29) is 17.5 Å². The number of sulfone groups is 1. The zero-order valence-corrected chi connectivity index (χ0v) is 13.4. The van der Waals surface area contributed by atoms with Crippen LogP contribution in [0.15, 0.2) is 29.3 Å². The number of aliphatic imine (C=N–C) groups is 1. The van der Waals surface area contributed by atoms with Gasteiger partial charge in [-0.15, -0.1) is 0 Å². The zero-order chi connectivity index (χ0) is 15.3. The van der Waals surface area contributed by atoms with E-state index in [1.165, 1.54) is 11.1 Å². The summed E-state index contributed by atoms with van der Waals surface area (Å²) in [5.74, 6) is 1.11. The van der Waals surface area contributed by atoms with E-state index in [9.17, 15) is 8.42 Å². The van der Waals surface area contributed by atoms with E-state index in [1.54, 1.807) is 7.05 Å². The molecule has 1 atom stereocenters. The summed E-state index contributed by atoms with van der Waals surface area (Å²) in [7, 11) is -1.17. The second-order valence-electron chi connectivity index (χ2n) is 5.29. The minimum absolute atomic E-state index is 0.0392. The van der Waals surface area contributed by atoms with Crippen LogP contribution in [0.3, 0.4) is 0 Å². The second-order valence-corrected chi connectivity index (χ2v) is 7.52. The van der Waals surface area contributed by atoms with E-state index < -0.39 is 9.84 Å². The number of nitrogens with zero attached hydrogens (tertiary/aromatic N) is 1. The van der Waals surface area contributed by atoms with E-state index >= 15 is 0 Å². The maximum atomic E-state index is 11.5. The summed E-state index contributed by atoms with van der Waals surface area (Å²) in [6, 6.07) is 8.24. The fraction of sp³-hybridized carbons (Fsp3) is 0.533. The molecule has 5 nitrogen and oxygen atoms in total. The fourth-order valence-corrected chi connectivity index (χ4v) is 4.22. The molecule has 0 spiro atoms. The number of aryl methyl sites for hydroxylation is 1. The van der Waals surface area contributed by atoms with Crippen LogP contribution >= 0.6 is 0 Å². The number of hydrogen-bond donors (Lipinski definition) is 2. The third-order valence-electron chi connectivity index (χ3n) is 3.74. The van der Waals surface area contributed by atoms with Crippen LogP contribution in [0.1, 0.15) is 24.5 Å². The Kier molecular flexibility index (Phi) is 5.22. The SMILES string of the molecule is CCc1ccccc1CNC(=NC)NC1CCS(=O)(=O)C1. The molecule has 1 heterocycles. The summed E-state index contributed by atoms with van der Waals surface area (Å²) in [6.45, 7) is 2.82. The molecule has 1 aliphatic rings. The van der Waals surface area contributed by atoms with Crippen LogP contribution in [0, 0.1) is 0 Å². The summed E-state index contributed by atoms with van der Waals surface area (Å²) in [6.07, 6.45) is 1.64. The van der Waals surface area contributed by atoms with Crippen LogP contribution in [0.2, 0.25) is 0 Å². The first-order chi connectivity index (χ1) is 10.0. The largest absolute Gasteiger partial charge is 0.353 e. The number of hydrogen-bond acceptors (Lipinski definition) is 3. The average Bonchev–Trinajstić information content (AvgIpc) is 2.82. The molecule has 1 aromatic carbocycles. The molecule has 1 aromatic rings. The quantitative estimate of drug-likeness (QED) is 0.645. The molecular weight excluding hydrogens is 286 g/mol. The smallest absolute Gasteiger partial charge is 0.191 e. The highest BCUT2D eigenvalue weighted by Crippen LogP contribution is 2.11. The Labute approximate surface area is 126 Å². The van der Waals surface area contributed by atoms with Crippen molar-refractivity contribution in [1.82, 2.24) is 10.6 Å². The van der Waals surface area contributed by atoms with Gasteiger partial charge in [0.1, 0.15) is 0 Å². The molecule has 1 aliphatic heterocycles. The highest BCUT2D eigenvalue weighted by atomic mass is 32.2. The first-order valence-corrected chi connectivity index (χ1v) is 9.10. The van der Waals surface area contributed by atoms with Gasteiger partial charge in [0, 0.05) is 19.6 Å².